The summed E-state index contributed by atoms with van der Waals surface area (Å²) in [4.78, 5) is 79.8. The van der Waals surface area contributed by atoms with Crippen LogP contribution in [0, 0.1) is 0 Å². The maximum absolute atomic E-state index is 13.5. The molecule has 1 N–H and O–H groups in total. The molecule has 3 aromatic rings. The quantitative estimate of drug-likeness (QED) is 0.459. The van der Waals surface area contributed by atoms with Crippen LogP contribution in [0.4, 0.5) is 0 Å². The summed E-state index contributed by atoms with van der Waals surface area (Å²) >= 11 is 0. The van der Waals surface area contributed by atoms with E-state index >= 15 is 0 Å². The van der Waals surface area contributed by atoms with Crippen LogP contribution in [-0.2, 0) is 0 Å². The second-order valence-corrected chi connectivity index (χ2v) is 8.76. The number of benzene rings is 3. The van der Waals surface area contributed by atoms with Gasteiger partial charge in [-0.2, -0.15) is 0 Å². The molecule has 0 saturated heterocycles. The molecule has 2 aliphatic rings. The number of hydrogen-bond donors (Lipinski definition) is 1. The van der Waals surface area contributed by atoms with E-state index in [1.54, 1.807) is 48.5 Å². The van der Waals surface area contributed by atoms with Crippen LogP contribution in [-0.4, -0.2) is 81.5 Å². The smallest absolute Gasteiger partial charge is 0.336 e. The highest BCUT2D eigenvalue weighted by Gasteiger charge is 2.37. The van der Waals surface area contributed by atoms with Gasteiger partial charge >= 0.3 is 5.97 Å². The van der Waals surface area contributed by atoms with Crippen molar-refractivity contribution in [3.63, 3.8) is 0 Å². The topological polar surface area (TPSA) is 132 Å². The summed E-state index contributed by atoms with van der Waals surface area (Å²) in [5.74, 6) is -3.95. The minimum absolute atomic E-state index is 0.0928. The van der Waals surface area contributed by atoms with Crippen molar-refractivity contribution in [2.24, 2.45) is 0 Å². The Bertz CT molecular complexity index is 1380. The van der Waals surface area contributed by atoms with Crippen molar-refractivity contribution in [2.45, 2.75) is 0 Å². The second-order valence-electron chi connectivity index (χ2n) is 8.76. The maximum atomic E-state index is 13.5. The van der Waals surface area contributed by atoms with Crippen LogP contribution in [0.3, 0.4) is 0 Å². The van der Waals surface area contributed by atoms with Gasteiger partial charge in [0.25, 0.3) is 29.5 Å². The molecule has 10 nitrogen and oxygen atoms in total. The first-order valence-electron chi connectivity index (χ1n) is 11.8. The lowest BCUT2D eigenvalue weighted by Gasteiger charge is -2.27. The highest BCUT2D eigenvalue weighted by atomic mass is 16.4. The molecule has 0 spiro atoms. The van der Waals surface area contributed by atoms with E-state index in [1.165, 1.54) is 29.2 Å². The molecule has 0 aromatic heterocycles. The first kappa shape index (κ1) is 24.6. The molecule has 0 atom stereocenters. The van der Waals surface area contributed by atoms with Crippen molar-refractivity contribution in [3.8, 4) is 0 Å². The minimum Gasteiger partial charge on any atom is -0.478 e. The summed E-state index contributed by atoms with van der Waals surface area (Å²) in [7, 11) is 0. The van der Waals surface area contributed by atoms with Crippen molar-refractivity contribution in [1.82, 2.24) is 14.7 Å². The number of aromatic carboxylic acids is 1. The lowest BCUT2D eigenvalue weighted by molar-refractivity contribution is 0.0564. The zero-order chi connectivity index (χ0) is 27.0. The van der Waals surface area contributed by atoms with Crippen LogP contribution in [0.5, 0.6) is 0 Å². The van der Waals surface area contributed by atoms with Gasteiger partial charge < -0.3 is 10.0 Å². The van der Waals surface area contributed by atoms with Gasteiger partial charge in [0, 0.05) is 26.2 Å². The Morgan fingerprint density at radius 3 is 1.29 bits per heavy atom. The molecule has 5 amide bonds. The van der Waals surface area contributed by atoms with E-state index in [0.717, 1.165) is 9.80 Å². The highest BCUT2D eigenvalue weighted by molar-refractivity contribution is 6.22. The van der Waals surface area contributed by atoms with Gasteiger partial charge in [0.05, 0.1) is 33.4 Å². The number of carbonyl (C=O) groups excluding carboxylic acids is 5. The molecule has 5 rings (SSSR count). The number of carboxylic acids is 1. The molecule has 2 aliphatic heterocycles. The fourth-order valence-corrected chi connectivity index (χ4v) is 4.67. The largest absolute Gasteiger partial charge is 0.478 e. The average Bonchev–Trinajstić information content (AvgIpc) is 3.33. The molecule has 0 radical (unpaired) electrons. The summed E-state index contributed by atoms with van der Waals surface area (Å²) in [6, 6.07) is 18.4. The number of hydrogen-bond acceptors (Lipinski definition) is 6. The third-order valence-electron chi connectivity index (χ3n) is 6.62. The van der Waals surface area contributed by atoms with Gasteiger partial charge in [0.15, 0.2) is 0 Å². The predicted molar refractivity (Wildman–Crippen MR) is 133 cm³/mol. The molecule has 0 saturated carbocycles. The maximum Gasteiger partial charge on any atom is 0.336 e. The van der Waals surface area contributed by atoms with Crippen LogP contribution in [0.2, 0.25) is 0 Å². The molecule has 3 aromatic carbocycles. The number of carboxylic acid groups (broad SMARTS) is 1. The van der Waals surface area contributed by atoms with E-state index in [9.17, 15) is 33.9 Å². The SMILES string of the molecule is O=C(O)c1ccccc1C(=O)N(CCN1C(=O)c2ccccc2C1=O)CCN1C(=O)c2ccccc2C1=O. The van der Waals surface area contributed by atoms with Crippen molar-refractivity contribution in [1.29, 1.82) is 0 Å². The van der Waals surface area contributed by atoms with Crippen LogP contribution < -0.4 is 0 Å². The fraction of sp³-hybridized carbons (Fsp3) is 0.143. The summed E-state index contributed by atoms with van der Waals surface area (Å²) in [5.41, 5.74) is 0.735. The molecule has 190 valence electrons. The van der Waals surface area contributed by atoms with Gasteiger partial charge in [0.2, 0.25) is 0 Å². The zero-order valence-corrected chi connectivity index (χ0v) is 20.0. The predicted octanol–water partition coefficient (Wildman–Crippen LogP) is 2.42. The molecule has 0 unspecified atom stereocenters. The number of nitrogens with zero attached hydrogens (tertiary/aromatic N) is 3. The first-order valence-corrected chi connectivity index (χ1v) is 11.8. The van der Waals surface area contributed by atoms with E-state index < -0.39 is 35.5 Å². The molecule has 0 aliphatic carbocycles. The van der Waals surface area contributed by atoms with Crippen LogP contribution in [0.1, 0.15) is 62.1 Å². The van der Waals surface area contributed by atoms with E-state index in [1.807, 2.05) is 0 Å². The van der Waals surface area contributed by atoms with Gasteiger partial charge in [0.1, 0.15) is 0 Å². The molecule has 38 heavy (non-hydrogen) atoms. The molecular formula is C28H21N3O7. The van der Waals surface area contributed by atoms with Gasteiger partial charge in [-0.05, 0) is 36.4 Å². The third kappa shape index (κ3) is 4.11. The third-order valence-corrected chi connectivity index (χ3v) is 6.62. The van der Waals surface area contributed by atoms with Gasteiger partial charge in [-0.3, -0.25) is 33.8 Å². The Kier molecular flexibility index (Phi) is 6.29. The summed E-state index contributed by atoms with van der Waals surface area (Å²) in [5, 5.41) is 9.57. The van der Waals surface area contributed by atoms with Crippen LogP contribution >= 0.6 is 0 Å². The standard InChI is InChI=1S/C28H21N3O7/c32-23(21-11-5-6-12-22(21)28(37)38)29(13-15-30-24(33)17-7-1-2-8-18(17)25(30)34)14-16-31-26(35)19-9-3-4-10-20(19)27(31)36/h1-12H,13-16H2,(H,37,38). The Labute approximate surface area is 216 Å². The lowest BCUT2D eigenvalue weighted by Crippen LogP contribution is -2.45. The van der Waals surface area contributed by atoms with Gasteiger partial charge in [-0.1, -0.05) is 36.4 Å². The number of imide groups is 2. The lowest BCUT2D eigenvalue weighted by atomic mass is 10.1. The Balaban J connectivity index is 1.39. The van der Waals surface area contributed by atoms with Crippen LogP contribution in [0.25, 0.3) is 0 Å². The van der Waals surface area contributed by atoms with Crippen molar-refractivity contribution < 1.29 is 33.9 Å². The zero-order valence-electron chi connectivity index (χ0n) is 20.0. The number of rotatable bonds is 8. The second kappa shape index (κ2) is 9.74. The number of carbonyl (C=O) groups is 6. The Hall–Kier alpha value is -5.12. The van der Waals surface area contributed by atoms with E-state index in [4.69, 9.17) is 0 Å². The van der Waals surface area contributed by atoms with E-state index in [2.05, 4.69) is 0 Å². The molecule has 2 heterocycles. The monoisotopic (exact) mass is 511 g/mol. The normalized spacial score (nSPS) is 14.1. The van der Waals surface area contributed by atoms with Gasteiger partial charge in [-0.15, -0.1) is 0 Å². The summed E-state index contributed by atoms with van der Waals surface area (Å²) in [6.07, 6.45) is 0. The summed E-state index contributed by atoms with van der Waals surface area (Å²) < 4.78 is 0. The first-order chi connectivity index (χ1) is 18.3. The number of fused-ring (bicyclic) bond motifs is 2. The Morgan fingerprint density at radius 1 is 0.579 bits per heavy atom. The molecular weight excluding hydrogens is 490 g/mol. The van der Waals surface area contributed by atoms with E-state index in [0.29, 0.717) is 0 Å². The van der Waals surface area contributed by atoms with Crippen molar-refractivity contribution in [3.05, 3.63) is 106 Å². The van der Waals surface area contributed by atoms with E-state index in [-0.39, 0.29) is 59.6 Å². The minimum atomic E-state index is -1.30. The fourth-order valence-electron chi connectivity index (χ4n) is 4.67. The molecule has 0 bridgehead atoms. The number of amides is 5. The van der Waals surface area contributed by atoms with Crippen molar-refractivity contribution >= 4 is 35.5 Å². The summed E-state index contributed by atoms with van der Waals surface area (Å²) in [6.45, 7) is -0.590. The molecule has 0 fully saturated rings. The molecule has 10 heteroatoms. The average molecular weight is 511 g/mol. The van der Waals surface area contributed by atoms with Crippen LogP contribution in [0.15, 0.2) is 72.8 Å². The van der Waals surface area contributed by atoms with Crippen molar-refractivity contribution in [2.75, 3.05) is 26.2 Å². The Morgan fingerprint density at radius 2 is 0.921 bits per heavy atom. The highest BCUT2D eigenvalue weighted by Crippen LogP contribution is 2.24. The van der Waals surface area contributed by atoms with Gasteiger partial charge in [-0.25, -0.2) is 4.79 Å².